The van der Waals surface area contributed by atoms with E-state index in [0.29, 0.717) is 11.4 Å². The number of pyridine rings is 1. The van der Waals surface area contributed by atoms with Gasteiger partial charge in [-0.25, -0.2) is 9.97 Å². The molecule has 1 aliphatic rings. The van der Waals surface area contributed by atoms with E-state index in [1.54, 1.807) is 12.4 Å². The molecule has 0 bridgehead atoms. The van der Waals surface area contributed by atoms with Crippen molar-refractivity contribution >= 4 is 29.2 Å². The Hall–Kier alpha value is -2.84. The van der Waals surface area contributed by atoms with E-state index < -0.39 is 0 Å². The lowest BCUT2D eigenvalue weighted by Crippen LogP contribution is -2.44. The second-order valence-electron chi connectivity index (χ2n) is 6.95. The Morgan fingerprint density at radius 2 is 1.76 bits per heavy atom. The van der Waals surface area contributed by atoms with Crippen LogP contribution in [0.25, 0.3) is 5.69 Å². The smallest absolute Gasteiger partial charge is 0.274 e. The summed E-state index contributed by atoms with van der Waals surface area (Å²) >= 11 is 1.50. The Labute approximate surface area is 174 Å². The van der Waals surface area contributed by atoms with Gasteiger partial charge in [-0.2, -0.15) is 0 Å². The SMILES string of the molecule is CSc1ncc(C(=O)Nc2ccc(N3CCN(C)CC3)nc2)n1-c1ccccc1. The maximum Gasteiger partial charge on any atom is 0.274 e. The van der Waals surface area contributed by atoms with Gasteiger partial charge in [0.15, 0.2) is 5.16 Å². The molecule has 0 spiro atoms. The lowest BCUT2D eigenvalue weighted by molar-refractivity contribution is 0.102. The fourth-order valence-electron chi connectivity index (χ4n) is 3.34. The summed E-state index contributed by atoms with van der Waals surface area (Å²) < 4.78 is 1.87. The molecule has 1 aromatic carbocycles. The normalized spacial score (nSPS) is 14.8. The van der Waals surface area contributed by atoms with Gasteiger partial charge in [0.2, 0.25) is 0 Å². The molecule has 0 unspecified atom stereocenters. The van der Waals surface area contributed by atoms with Gasteiger partial charge in [0.05, 0.1) is 18.1 Å². The molecule has 150 valence electrons. The predicted octanol–water partition coefficient (Wildman–Crippen LogP) is 2.99. The van der Waals surface area contributed by atoms with Crippen LogP contribution in [0.5, 0.6) is 0 Å². The zero-order valence-electron chi connectivity index (χ0n) is 16.6. The number of aromatic nitrogens is 3. The number of imidazole rings is 1. The summed E-state index contributed by atoms with van der Waals surface area (Å²) in [5.74, 6) is 0.728. The molecule has 0 radical (unpaired) electrons. The van der Waals surface area contributed by atoms with E-state index in [-0.39, 0.29) is 5.91 Å². The molecule has 1 fully saturated rings. The number of hydrogen-bond acceptors (Lipinski definition) is 6. The summed E-state index contributed by atoms with van der Waals surface area (Å²) in [6.07, 6.45) is 5.27. The minimum atomic E-state index is -0.212. The maximum atomic E-state index is 12.9. The Morgan fingerprint density at radius 3 is 2.41 bits per heavy atom. The van der Waals surface area contributed by atoms with Crippen molar-refractivity contribution in [3.05, 3.63) is 60.6 Å². The molecular formula is C21H24N6OS. The largest absolute Gasteiger partial charge is 0.354 e. The lowest BCUT2D eigenvalue weighted by atomic mass is 10.3. The number of thioether (sulfide) groups is 1. The number of hydrogen-bond donors (Lipinski definition) is 1. The highest BCUT2D eigenvalue weighted by molar-refractivity contribution is 7.98. The average Bonchev–Trinajstić information content (AvgIpc) is 3.20. The summed E-state index contributed by atoms with van der Waals surface area (Å²) in [4.78, 5) is 26.4. The number of carbonyl (C=O) groups is 1. The molecule has 8 heteroatoms. The predicted molar refractivity (Wildman–Crippen MR) is 117 cm³/mol. The van der Waals surface area contributed by atoms with E-state index in [2.05, 4.69) is 32.1 Å². The highest BCUT2D eigenvalue weighted by Gasteiger charge is 2.19. The van der Waals surface area contributed by atoms with Gasteiger partial charge in [0.1, 0.15) is 11.5 Å². The fraction of sp³-hybridized carbons (Fsp3) is 0.286. The molecule has 2 aromatic heterocycles. The van der Waals surface area contributed by atoms with Gasteiger partial charge in [-0.05, 0) is 37.6 Å². The molecule has 7 nitrogen and oxygen atoms in total. The van der Waals surface area contributed by atoms with Gasteiger partial charge >= 0.3 is 0 Å². The number of piperazine rings is 1. The Balaban J connectivity index is 1.51. The number of anilines is 2. The van der Waals surface area contributed by atoms with Crippen molar-refractivity contribution in [2.45, 2.75) is 5.16 Å². The van der Waals surface area contributed by atoms with Crippen molar-refractivity contribution in [1.82, 2.24) is 19.4 Å². The second kappa shape index (κ2) is 8.67. The summed E-state index contributed by atoms with van der Waals surface area (Å²) in [7, 11) is 2.13. The lowest BCUT2D eigenvalue weighted by Gasteiger charge is -2.33. The highest BCUT2D eigenvalue weighted by atomic mass is 32.2. The number of likely N-dealkylation sites (N-methyl/N-ethyl adjacent to an activating group) is 1. The first-order valence-corrected chi connectivity index (χ1v) is 10.8. The molecule has 0 saturated carbocycles. The minimum absolute atomic E-state index is 0.212. The number of para-hydroxylation sites is 1. The van der Waals surface area contributed by atoms with E-state index >= 15 is 0 Å². The van der Waals surface area contributed by atoms with Crippen LogP contribution >= 0.6 is 11.8 Å². The Kier molecular flexibility index (Phi) is 5.82. The number of nitrogens with one attached hydrogen (secondary N) is 1. The third-order valence-electron chi connectivity index (χ3n) is 4.99. The van der Waals surface area contributed by atoms with E-state index in [1.807, 2.05) is 53.3 Å². The van der Waals surface area contributed by atoms with E-state index in [4.69, 9.17) is 0 Å². The molecule has 4 rings (SSSR count). The first-order chi connectivity index (χ1) is 14.2. The summed E-state index contributed by atoms with van der Waals surface area (Å²) in [6.45, 7) is 3.98. The molecule has 29 heavy (non-hydrogen) atoms. The van der Waals surface area contributed by atoms with Gasteiger partial charge in [-0.3, -0.25) is 9.36 Å². The van der Waals surface area contributed by atoms with Crippen molar-refractivity contribution in [3.8, 4) is 5.69 Å². The van der Waals surface area contributed by atoms with Crippen LogP contribution in [-0.2, 0) is 0 Å². The monoisotopic (exact) mass is 408 g/mol. The summed E-state index contributed by atoms with van der Waals surface area (Å²) in [6, 6.07) is 13.6. The van der Waals surface area contributed by atoms with Crippen LogP contribution in [0.2, 0.25) is 0 Å². The van der Waals surface area contributed by atoms with Crippen LogP contribution < -0.4 is 10.2 Å². The zero-order valence-corrected chi connectivity index (χ0v) is 17.4. The number of benzene rings is 1. The standard InChI is InChI=1S/C21H24N6OS/c1-25-10-12-26(13-11-25)19-9-8-16(14-22-19)24-20(28)18-15-23-21(29-2)27(18)17-6-4-3-5-7-17/h3-9,14-15H,10-13H2,1-2H3,(H,24,28). The van der Waals surface area contributed by atoms with Gasteiger partial charge < -0.3 is 15.1 Å². The number of amides is 1. The highest BCUT2D eigenvalue weighted by Crippen LogP contribution is 2.23. The van der Waals surface area contributed by atoms with Crippen molar-refractivity contribution in [2.24, 2.45) is 0 Å². The molecule has 1 N–H and O–H groups in total. The Bertz CT molecular complexity index is 965. The van der Waals surface area contributed by atoms with E-state index in [9.17, 15) is 4.79 Å². The van der Waals surface area contributed by atoms with Crippen LogP contribution in [0.3, 0.4) is 0 Å². The van der Waals surface area contributed by atoms with Crippen LogP contribution in [0.15, 0.2) is 60.0 Å². The van der Waals surface area contributed by atoms with Crippen molar-refractivity contribution < 1.29 is 4.79 Å². The van der Waals surface area contributed by atoms with Gasteiger partial charge in [0, 0.05) is 31.9 Å². The molecular weight excluding hydrogens is 384 g/mol. The van der Waals surface area contributed by atoms with Gasteiger partial charge in [-0.15, -0.1) is 0 Å². The summed E-state index contributed by atoms with van der Waals surface area (Å²) in [5.41, 5.74) is 2.06. The third-order valence-corrected chi connectivity index (χ3v) is 5.65. The van der Waals surface area contributed by atoms with Crippen molar-refractivity contribution in [2.75, 3.05) is 49.7 Å². The number of rotatable bonds is 5. The Morgan fingerprint density at radius 1 is 1.00 bits per heavy atom. The van der Waals surface area contributed by atoms with Crippen LogP contribution in [0.1, 0.15) is 10.5 Å². The molecule has 1 aliphatic heterocycles. The quantitative estimate of drug-likeness (QED) is 0.655. The molecule has 0 atom stereocenters. The molecule has 1 saturated heterocycles. The molecule has 3 heterocycles. The average molecular weight is 409 g/mol. The molecule has 3 aromatic rings. The number of carbonyl (C=O) groups excluding carboxylic acids is 1. The maximum absolute atomic E-state index is 12.9. The van der Waals surface area contributed by atoms with Crippen LogP contribution in [-0.4, -0.2) is 64.8 Å². The van der Waals surface area contributed by atoms with E-state index in [1.165, 1.54) is 11.8 Å². The molecule has 1 amide bonds. The van der Waals surface area contributed by atoms with Crippen molar-refractivity contribution in [1.29, 1.82) is 0 Å². The fourth-order valence-corrected chi connectivity index (χ4v) is 3.89. The van der Waals surface area contributed by atoms with Gasteiger partial charge in [0.25, 0.3) is 5.91 Å². The second-order valence-corrected chi connectivity index (χ2v) is 7.72. The summed E-state index contributed by atoms with van der Waals surface area (Å²) in [5, 5.41) is 3.71. The topological polar surface area (TPSA) is 66.3 Å². The number of nitrogens with zero attached hydrogens (tertiary/aromatic N) is 5. The third kappa shape index (κ3) is 4.28. The first-order valence-electron chi connectivity index (χ1n) is 9.54. The van der Waals surface area contributed by atoms with Crippen molar-refractivity contribution in [3.63, 3.8) is 0 Å². The van der Waals surface area contributed by atoms with Crippen LogP contribution in [0, 0.1) is 0 Å². The first kappa shape index (κ1) is 19.5. The van der Waals surface area contributed by atoms with Gasteiger partial charge in [-0.1, -0.05) is 30.0 Å². The zero-order chi connectivity index (χ0) is 20.2. The van der Waals surface area contributed by atoms with E-state index in [0.717, 1.165) is 42.8 Å². The molecule has 0 aliphatic carbocycles. The minimum Gasteiger partial charge on any atom is -0.354 e. The van der Waals surface area contributed by atoms with Crippen LogP contribution in [0.4, 0.5) is 11.5 Å².